The lowest BCUT2D eigenvalue weighted by molar-refractivity contribution is -0.125. The van der Waals surface area contributed by atoms with Gasteiger partial charge in [-0.1, -0.05) is 18.2 Å². The number of carboxylic acids is 1. The Hall–Kier alpha value is -2.73. The predicted molar refractivity (Wildman–Crippen MR) is 94.9 cm³/mol. The summed E-state index contributed by atoms with van der Waals surface area (Å²) in [4.78, 5) is 24.4. The number of aryl methyl sites for hydroxylation is 1. The van der Waals surface area contributed by atoms with Crippen LogP contribution in [0.3, 0.4) is 0 Å². The first-order valence-corrected chi connectivity index (χ1v) is 8.41. The van der Waals surface area contributed by atoms with E-state index in [0.717, 1.165) is 11.1 Å². The second kappa shape index (κ2) is 7.25. The van der Waals surface area contributed by atoms with Crippen molar-refractivity contribution in [1.29, 1.82) is 0 Å². The maximum atomic E-state index is 13.3. The zero-order chi connectivity index (χ0) is 18.7. The van der Waals surface area contributed by atoms with Gasteiger partial charge in [-0.2, -0.15) is 0 Å². The molecule has 0 bridgehead atoms. The number of carbonyl (C=O) groups excluding carboxylic acids is 1. The molecule has 1 fully saturated rings. The van der Waals surface area contributed by atoms with Crippen molar-refractivity contribution in [1.82, 2.24) is 0 Å². The summed E-state index contributed by atoms with van der Waals surface area (Å²) >= 11 is 0. The minimum absolute atomic E-state index is 0.105. The standard InChI is InChI=1S/C20H20FNO4/c1-13-2-3-14(18(23)24)12-17(13)22-19(25)20(8-10-26-11-9-20)15-4-6-16(21)7-5-15/h2-7,12H,8-11H2,1H3,(H,22,25)(H,23,24). The van der Waals surface area contributed by atoms with Crippen LogP contribution in [0.25, 0.3) is 0 Å². The first kappa shape index (κ1) is 18.1. The lowest BCUT2D eigenvalue weighted by Gasteiger charge is -2.36. The number of amides is 1. The Morgan fingerprint density at radius 3 is 2.38 bits per heavy atom. The summed E-state index contributed by atoms with van der Waals surface area (Å²) in [7, 11) is 0. The van der Waals surface area contributed by atoms with E-state index in [4.69, 9.17) is 4.74 Å². The third-order valence-electron chi connectivity index (χ3n) is 4.91. The molecule has 0 aromatic heterocycles. The second-order valence-corrected chi connectivity index (χ2v) is 6.49. The van der Waals surface area contributed by atoms with Crippen molar-refractivity contribution in [3.05, 3.63) is 65.0 Å². The van der Waals surface area contributed by atoms with E-state index in [1.807, 2.05) is 0 Å². The van der Waals surface area contributed by atoms with Gasteiger partial charge in [-0.15, -0.1) is 0 Å². The maximum Gasteiger partial charge on any atom is 0.335 e. The van der Waals surface area contributed by atoms with Crippen LogP contribution in [0.5, 0.6) is 0 Å². The highest BCUT2D eigenvalue weighted by molar-refractivity contribution is 6.01. The average Bonchev–Trinajstić information content (AvgIpc) is 2.64. The van der Waals surface area contributed by atoms with E-state index in [2.05, 4.69) is 5.32 Å². The van der Waals surface area contributed by atoms with E-state index in [1.165, 1.54) is 24.3 Å². The first-order chi connectivity index (χ1) is 12.4. The lowest BCUT2D eigenvalue weighted by Crippen LogP contribution is -2.45. The Kier molecular flexibility index (Phi) is 5.04. The molecule has 2 aromatic carbocycles. The predicted octanol–water partition coefficient (Wildman–Crippen LogP) is 3.52. The van der Waals surface area contributed by atoms with Gasteiger partial charge in [-0.05, 0) is 55.2 Å². The molecule has 6 heteroatoms. The third kappa shape index (κ3) is 3.46. The number of rotatable bonds is 4. The van der Waals surface area contributed by atoms with Crippen molar-refractivity contribution in [2.24, 2.45) is 0 Å². The van der Waals surface area contributed by atoms with Crippen LogP contribution < -0.4 is 5.32 Å². The highest BCUT2D eigenvalue weighted by Gasteiger charge is 2.41. The van der Waals surface area contributed by atoms with Crippen LogP contribution in [0.15, 0.2) is 42.5 Å². The van der Waals surface area contributed by atoms with E-state index in [0.29, 0.717) is 31.7 Å². The number of halogens is 1. The molecule has 0 aliphatic carbocycles. The molecule has 1 amide bonds. The second-order valence-electron chi connectivity index (χ2n) is 6.49. The Balaban J connectivity index is 1.95. The Labute approximate surface area is 150 Å². The van der Waals surface area contributed by atoms with Crippen molar-refractivity contribution >= 4 is 17.6 Å². The molecule has 0 radical (unpaired) electrons. The number of carboxylic acid groups (broad SMARTS) is 1. The number of hydrogen-bond acceptors (Lipinski definition) is 3. The van der Waals surface area contributed by atoms with Crippen molar-refractivity contribution < 1.29 is 23.8 Å². The van der Waals surface area contributed by atoms with E-state index < -0.39 is 11.4 Å². The summed E-state index contributed by atoms with van der Waals surface area (Å²) in [5.41, 5.74) is 1.23. The van der Waals surface area contributed by atoms with Crippen LogP contribution >= 0.6 is 0 Å². The number of benzene rings is 2. The molecule has 0 unspecified atom stereocenters. The number of hydrogen-bond donors (Lipinski definition) is 2. The van der Waals surface area contributed by atoms with E-state index >= 15 is 0 Å². The highest BCUT2D eigenvalue weighted by atomic mass is 19.1. The fourth-order valence-corrected chi connectivity index (χ4v) is 3.27. The van der Waals surface area contributed by atoms with Crippen molar-refractivity contribution in [2.75, 3.05) is 18.5 Å². The summed E-state index contributed by atoms with van der Waals surface area (Å²) < 4.78 is 18.7. The molecule has 0 atom stereocenters. The van der Waals surface area contributed by atoms with Gasteiger partial charge in [0, 0.05) is 18.9 Å². The van der Waals surface area contributed by atoms with Gasteiger partial charge in [0.2, 0.25) is 5.91 Å². The van der Waals surface area contributed by atoms with Gasteiger partial charge in [0.05, 0.1) is 11.0 Å². The monoisotopic (exact) mass is 357 g/mol. The topological polar surface area (TPSA) is 75.6 Å². The van der Waals surface area contributed by atoms with Crippen molar-refractivity contribution in [3.63, 3.8) is 0 Å². The van der Waals surface area contributed by atoms with Crippen LogP contribution in [-0.4, -0.2) is 30.2 Å². The molecule has 1 heterocycles. The summed E-state index contributed by atoms with van der Waals surface area (Å²) in [6, 6.07) is 10.5. The van der Waals surface area contributed by atoms with E-state index in [1.54, 1.807) is 25.1 Å². The van der Waals surface area contributed by atoms with Crippen molar-refractivity contribution in [2.45, 2.75) is 25.2 Å². The summed E-state index contributed by atoms with van der Waals surface area (Å²) in [5.74, 6) is -1.65. The molecule has 136 valence electrons. The molecule has 1 aliphatic rings. The molecule has 3 rings (SSSR count). The largest absolute Gasteiger partial charge is 0.478 e. The van der Waals surface area contributed by atoms with Gasteiger partial charge in [0.15, 0.2) is 0 Å². The molecule has 0 saturated carbocycles. The number of carbonyl (C=O) groups is 2. The summed E-state index contributed by atoms with van der Waals surface area (Å²) in [5, 5.41) is 12.1. The van der Waals surface area contributed by atoms with Gasteiger partial charge in [0.25, 0.3) is 0 Å². The Morgan fingerprint density at radius 1 is 1.12 bits per heavy atom. The fourth-order valence-electron chi connectivity index (χ4n) is 3.27. The Morgan fingerprint density at radius 2 is 1.77 bits per heavy atom. The third-order valence-corrected chi connectivity index (χ3v) is 4.91. The zero-order valence-corrected chi connectivity index (χ0v) is 14.4. The first-order valence-electron chi connectivity index (χ1n) is 8.41. The van der Waals surface area contributed by atoms with Gasteiger partial charge < -0.3 is 15.2 Å². The van der Waals surface area contributed by atoms with Gasteiger partial charge in [-0.25, -0.2) is 9.18 Å². The smallest absolute Gasteiger partial charge is 0.335 e. The molecule has 5 nitrogen and oxygen atoms in total. The summed E-state index contributed by atoms with van der Waals surface area (Å²) in [6.45, 7) is 2.66. The molecule has 0 spiro atoms. The Bertz CT molecular complexity index is 826. The number of ether oxygens (including phenoxy) is 1. The number of aromatic carboxylic acids is 1. The van der Waals surface area contributed by atoms with Crippen LogP contribution in [0, 0.1) is 12.7 Å². The molecule has 1 saturated heterocycles. The van der Waals surface area contributed by atoms with Crippen LogP contribution in [0.4, 0.5) is 10.1 Å². The van der Waals surface area contributed by atoms with Crippen LogP contribution in [0.2, 0.25) is 0 Å². The summed E-state index contributed by atoms with van der Waals surface area (Å²) in [6.07, 6.45) is 0.949. The molecular formula is C20H20FNO4. The zero-order valence-electron chi connectivity index (χ0n) is 14.4. The van der Waals surface area contributed by atoms with E-state index in [9.17, 15) is 19.1 Å². The highest BCUT2D eigenvalue weighted by Crippen LogP contribution is 2.36. The molecule has 1 aliphatic heterocycles. The van der Waals surface area contributed by atoms with Gasteiger partial charge in [0.1, 0.15) is 5.82 Å². The quantitative estimate of drug-likeness (QED) is 0.878. The van der Waals surface area contributed by atoms with Gasteiger partial charge in [-0.3, -0.25) is 4.79 Å². The average molecular weight is 357 g/mol. The lowest BCUT2D eigenvalue weighted by atomic mass is 9.73. The number of nitrogens with one attached hydrogen (secondary N) is 1. The van der Waals surface area contributed by atoms with Gasteiger partial charge >= 0.3 is 5.97 Å². The molecule has 2 N–H and O–H groups in total. The maximum absolute atomic E-state index is 13.3. The molecular weight excluding hydrogens is 337 g/mol. The minimum atomic E-state index is -1.06. The minimum Gasteiger partial charge on any atom is -0.478 e. The van der Waals surface area contributed by atoms with Crippen molar-refractivity contribution in [3.8, 4) is 0 Å². The SMILES string of the molecule is Cc1ccc(C(=O)O)cc1NC(=O)C1(c2ccc(F)cc2)CCOCC1. The normalized spacial score (nSPS) is 16.1. The fraction of sp³-hybridized carbons (Fsp3) is 0.300. The molecule has 26 heavy (non-hydrogen) atoms. The van der Waals surface area contributed by atoms with E-state index in [-0.39, 0.29) is 17.3 Å². The molecule has 2 aromatic rings. The van der Waals surface area contributed by atoms with Crippen LogP contribution in [0.1, 0.15) is 34.3 Å². The van der Waals surface area contributed by atoms with Crippen LogP contribution in [-0.2, 0) is 14.9 Å². The number of anilines is 1.